The van der Waals surface area contributed by atoms with E-state index in [0.29, 0.717) is 24.0 Å². The largest absolute Gasteiger partial charge is 0.338 e. The Balaban J connectivity index is 1.67. The quantitative estimate of drug-likeness (QED) is 0.493. The Hall–Kier alpha value is -2.24. The summed E-state index contributed by atoms with van der Waals surface area (Å²) in [6.45, 7) is 5.52. The van der Waals surface area contributed by atoms with Gasteiger partial charge in [0.15, 0.2) is 0 Å². The van der Waals surface area contributed by atoms with E-state index in [4.69, 9.17) is 11.6 Å². The predicted molar refractivity (Wildman–Crippen MR) is 127 cm³/mol. The van der Waals surface area contributed by atoms with Crippen molar-refractivity contribution in [3.63, 3.8) is 0 Å². The molecule has 1 aliphatic heterocycles. The average Bonchev–Trinajstić information content (AvgIpc) is 3.34. The molecule has 0 fully saturated rings. The number of aromatic nitrogens is 1. The molecule has 0 bridgehead atoms. The number of nitrogens with one attached hydrogen (secondary N) is 1. The van der Waals surface area contributed by atoms with E-state index in [-0.39, 0.29) is 12.1 Å². The summed E-state index contributed by atoms with van der Waals surface area (Å²) < 4.78 is 2.31. The molecule has 31 heavy (non-hydrogen) atoms. The van der Waals surface area contributed by atoms with Crippen LogP contribution < -0.4 is 5.32 Å². The van der Waals surface area contributed by atoms with Gasteiger partial charge in [-0.3, -0.25) is 0 Å². The van der Waals surface area contributed by atoms with E-state index in [2.05, 4.69) is 48.1 Å². The van der Waals surface area contributed by atoms with E-state index in [1.165, 1.54) is 33.8 Å². The van der Waals surface area contributed by atoms with Gasteiger partial charge in [0.25, 0.3) is 0 Å². The summed E-state index contributed by atoms with van der Waals surface area (Å²) in [5.74, 6) is 0.397. The third-order valence-electron chi connectivity index (χ3n) is 6.27. The Morgan fingerprint density at radius 3 is 2.84 bits per heavy atom. The first kappa shape index (κ1) is 20.7. The highest BCUT2D eigenvalue weighted by molar-refractivity contribution is 7.15. The zero-order chi connectivity index (χ0) is 21.5. The molecule has 2 aliphatic rings. The number of urea groups is 1. The predicted octanol–water partition coefficient (Wildman–Crippen LogP) is 6.34. The van der Waals surface area contributed by atoms with Gasteiger partial charge < -0.3 is 14.8 Å². The van der Waals surface area contributed by atoms with E-state index >= 15 is 0 Å². The summed E-state index contributed by atoms with van der Waals surface area (Å²) in [5, 5.41) is 5.13. The third-order valence-corrected chi connectivity index (χ3v) is 7.83. The fourth-order valence-corrected chi connectivity index (χ4v) is 6.41. The molecule has 1 atom stereocenters. The molecular weight excluding hydrogens is 426 g/mol. The zero-order valence-corrected chi connectivity index (χ0v) is 19.6. The Bertz CT molecular complexity index is 1120. The topological polar surface area (TPSA) is 37.3 Å². The van der Waals surface area contributed by atoms with E-state index in [1.54, 1.807) is 0 Å². The van der Waals surface area contributed by atoms with Crippen molar-refractivity contribution in [1.29, 1.82) is 0 Å². The van der Waals surface area contributed by atoms with Gasteiger partial charge in [0.05, 0.1) is 18.3 Å². The van der Waals surface area contributed by atoms with Crippen LogP contribution >= 0.6 is 22.9 Å². The van der Waals surface area contributed by atoms with Crippen LogP contribution in [0.3, 0.4) is 0 Å². The lowest BCUT2D eigenvalue weighted by molar-refractivity contribution is 0.179. The Labute approximate surface area is 192 Å². The maximum Gasteiger partial charge on any atom is 0.318 e. The van der Waals surface area contributed by atoms with Crippen LogP contribution in [0.4, 0.5) is 4.79 Å². The van der Waals surface area contributed by atoms with Crippen LogP contribution in [-0.2, 0) is 19.4 Å². The van der Waals surface area contributed by atoms with Crippen LogP contribution in [0.5, 0.6) is 0 Å². The van der Waals surface area contributed by atoms with Crippen molar-refractivity contribution >= 4 is 29.0 Å². The number of hydrogen-bond acceptors (Lipinski definition) is 2. The van der Waals surface area contributed by atoms with Gasteiger partial charge in [0.1, 0.15) is 5.00 Å². The first-order valence-electron chi connectivity index (χ1n) is 11.1. The molecule has 1 N–H and O–H groups in total. The molecule has 2 amide bonds. The van der Waals surface area contributed by atoms with Crippen LogP contribution in [0, 0.1) is 5.92 Å². The summed E-state index contributed by atoms with van der Waals surface area (Å²) in [7, 11) is 0. The number of aryl methyl sites for hydroxylation is 1. The monoisotopic (exact) mass is 453 g/mol. The van der Waals surface area contributed by atoms with Gasteiger partial charge in [-0.1, -0.05) is 37.6 Å². The second-order valence-corrected chi connectivity index (χ2v) is 10.5. The third kappa shape index (κ3) is 3.79. The molecule has 0 saturated carbocycles. The van der Waals surface area contributed by atoms with Crippen LogP contribution in [0.25, 0.3) is 5.00 Å². The number of amides is 2. The molecule has 3 heterocycles. The van der Waals surface area contributed by atoms with Gasteiger partial charge in [-0.25, -0.2) is 4.79 Å². The van der Waals surface area contributed by atoms with Gasteiger partial charge in [-0.15, -0.1) is 11.3 Å². The molecule has 1 aromatic carbocycles. The standard InChI is InChI=1S/C25H28ClN3OS/c1-16(2)14-27-25(30)29-15-20-19-9-3-4-11-22(19)31-24(20)28-12-6-10-21(28)23(29)17-7-5-8-18(26)13-17/h5-8,10,12-13,16,23H,3-4,9,11,14-15H2,1-2H3,(H,27,30)/t23-/m1/s1. The minimum Gasteiger partial charge on any atom is -0.338 e. The van der Waals surface area contributed by atoms with Crippen molar-refractivity contribution < 1.29 is 4.79 Å². The lowest BCUT2D eigenvalue weighted by Crippen LogP contribution is -2.43. The Kier molecular flexibility index (Phi) is 5.57. The number of rotatable bonds is 3. The lowest BCUT2D eigenvalue weighted by Gasteiger charge is -2.31. The number of thiophene rings is 1. The number of benzene rings is 1. The van der Waals surface area contributed by atoms with Gasteiger partial charge in [0.2, 0.25) is 0 Å². The number of halogens is 1. The lowest BCUT2D eigenvalue weighted by atomic mass is 9.95. The van der Waals surface area contributed by atoms with Gasteiger partial charge in [0, 0.05) is 28.2 Å². The molecule has 0 unspecified atom stereocenters. The normalized spacial score (nSPS) is 17.7. The van der Waals surface area contributed by atoms with Crippen molar-refractivity contribution in [2.75, 3.05) is 6.54 Å². The van der Waals surface area contributed by atoms with Crippen LogP contribution in [0.15, 0.2) is 42.6 Å². The first-order chi connectivity index (χ1) is 15.0. The summed E-state index contributed by atoms with van der Waals surface area (Å²) in [6.07, 6.45) is 6.89. The van der Waals surface area contributed by atoms with Gasteiger partial charge in [-0.05, 0) is 67.0 Å². The molecule has 6 heteroatoms. The number of nitrogens with zero attached hydrogens (tertiary/aromatic N) is 2. The van der Waals surface area contributed by atoms with Gasteiger partial charge >= 0.3 is 6.03 Å². The zero-order valence-electron chi connectivity index (χ0n) is 18.0. The van der Waals surface area contributed by atoms with Crippen molar-refractivity contribution in [2.24, 2.45) is 5.92 Å². The van der Waals surface area contributed by atoms with Gasteiger partial charge in [-0.2, -0.15) is 0 Å². The van der Waals surface area contributed by atoms with Crippen LogP contribution in [0.2, 0.25) is 5.02 Å². The van der Waals surface area contributed by atoms with Crippen molar-refractivity contribution in [3.8, 4) is 5.00 Å². The molecule has 0 spiro atoms. The molecule has 3 aromatic rings. The Morgan fingerprint density at radius 1 is 1.19 bits per heavy atom. The number of carbonyl (C=O) groups is 1. The fraction of sp³-hybridized carbons (Fsp3) is 0.400. The molecular formula is C25H28ClN3OS. The number of fused-ring (bicyclic) bond motifs is 5. The summed E-state index contributed by atoms with van der Waals surface area (Å²) in [6, 6.07) is 11.9. The minimum absolute atomic E-state index is 0.0185. The second kappa shape index (κ2) is 8.36. The molecule has 4 nitrogen and oxygen atoms in total. The number of carbonyl (C=O) groups excluding carboxylic acids is 1. The van der Waals surface area contributed by atoms with E-state index in [9.17, 15) is 4.79 Å². The average molecular weight is 454 g/mol. The minimum atomic E-state index is -0.195. The van der Waals surface area contributed by atoms with Crippen molar-refractivity contribution in [1.82, 2.24) is 14.8 Å². The molecule has 0 radical (unpaired) electrons. The summed E-state index contributed by atoms with van der Waals surface area (Å²) >= 11 is 8.28. The summed E-state index contributed by atoms with van der Waals surface area (Å²) in [5.41, 5.74) is 4.94. The molecule has 1 aliphatic carbocycles. The highest BCUT2D eigenvalue weighted by atomic mass is 35.5. The van der Waals surface area contributed by atoms with Crippen molar-refractivity contribution in [2.45, 2.75) is 52.1 Å². The SMILES string of the molecule is CC(C)CNC(=O)N1Cc2c(sc3c2CCCC3)-n2cccc2[C@H]1c1cccc(Cl)c1. The van der Waals surface area contributed by atoms with Crippen molar-refractivity contribution in [3.05, 3.63) is 74.9 Å². The first-order valence-corrected chi connectivity index (χ1v) is 12.3. The van der Waals surface area contributed by atoms with E-state index in [0.717, 1.165) is 24.1 Å². The number of hydrogen-bond donors (Lipinski definition) is 1. The van der Waals surface area contributed by atoms with E-state index in [1.807, 2.05) is 34.4 Å². The molecule has 2 aromatic heterocycles. The highest BCUT2D eigenvalue weighted by Gasteiger charge is 2.36. The maximum absolute atomic E-state index is 13.5. The second-order valence-electron chi connectivity index (χ2n) is 8.96. The smallest absolute Gasteiger partial charge is 0.318 e. The molecule has 0 saturated heterocycles. The van der Waals surface area contributed by atoms with E-state index < -0.39 is 0 Å². The van der Waals surface area contributed by atoms with Crippen LogP contribution in [-0.4, -0.2) is 22.0 Å². The summed E-state index contributed by atoms with van der Waals surface area (Å²) in [4.78, 5) is 17.0. The molecule has 5 rings (SSSR count). The van der Waals surface area contributed by atoms with Crippen LogP contribution in [0.1, 0.15) is 60.0 Å². The maximum atomic E-state index is 13.5. The molecule has 162 valence electrons. The Morgan fingerprint density at radius 2 is 2.03 bits per heavy atom. The highest BCUT2D eigenvalue weighted by Crippen LogP contribution is 2.44. The fourth-order valence-electron chi connectivity index (χ4n) is 4.81.